The molecule has 1 aliphatic heterocycles. The molecule has 0 spiro atoms. The minimum absolute atomic E-state index is 0.203. The first-order valence-corrected chi connectivity index (χ1v) is 12.0. The van der Waals surface area contributed by atoms with E-state index in [-0.39, 0.29) is 29.8 Å². The normalized spacial score (nSPS) is 16.9. The van der Waals surface area contributed by atoms with E-state index in [2.05, 4.69) is 4.98 Å². The molecule has 0 N–H and O–H groups in total. The number of nitrogens with zero attached hydrogens (tertiary/aromatic N) is 4. The van der Waals surface area contributed by atoms with Crippen LogP contribution in [0, 0.1) is 0 Å². The highest BCUT2D eigenvalue weighted by molar-refractivity contribution is 7.90. The Morgan fingerprint density at radius 1 is 1.13 bits per heavy atom. The number of anilines is 1. The molecule has 1 saturated heterocycles. The number of aromatic nitrogens is 3. The van der Waals surface area contributed by atoms with Gasteiger partial charge in [0.25, 0.3) is 5.92 Å². The van der Waals surface area contributed by atoms with Gasteiger partial charge in [-0.2, -0.15) is 0 Å². The van der Waals surface area contributed by atoms with Crippen molar-refractivity contribution in [2.75, 3.05) is 24.2 Å². The zero-order valence-electron chi connectivity index (χ0n) is 18.1. The lowest BCUT2D eigenvalue weighted by Crippen LogP contribution is -2.27. The van der Waals surface area contributed by atoms with Crippen LogP contribution in [0.2, 0.25) is 0 Å². The van der Waals surface area contributed by atoms with E-state index in [1.54, 1.807) is 29.2 Å². The van der Waals surface area contributed by atoms with Crippen molar-refractivity contribution in [3.8, 4) is 0 Å². The smallest absolute Gasteiger partial charge is 0.266 e. The molecule has 1 aromatic carbocycles. The van der Waals surface area contributed by atoms with Crippen molar-refractivity contribution in [1.29, 1.82) is 0 Å². The summed E-state index contributed by atoms with van der Waals surface area (Å²) in [5.41, 5.74) is 0.867. The lowest BCUT2D eigenvalue weighted by Gasteiger charge is -2.23. The maximum Gasteiger partial charge on any atom is 0.266 e. The van der Waals surface area contributed by atoms with Gasteiger partial charge < -0.3 is 9.47 Å². The molecule has 0 amide bonds. The molecule has 1 aliphatic rings. The monoisotopic (exact) mass is 448 g/mol. The van der Waals surface area contributed by atoms with Crippen LogP contribution in [0.5, 0.6) is 0 Å². The second-order valence-corrected chi connectivity index (χ2v) is 11.2. The van der Waals surface area contributed by atoms with E-state index < -0.39 is 15.8 Å². The van der Waals surface area contributed by atoms with Gasteiger partial charge in [-0.15, -0.1) is 0 Å². The van der Waals surface area contributed by atoms with Crippen LogP contribution in [-0.2, 0) is 21.8 Å². The van der Waals surface area contributed by atoms with Crippen molar-refractivity contribution in [1.82, 2.24) is 14.5 Å². The molecule has 0 radical (unpaired) electrons. The van der Waals surface area contributed by atoms with Crippen molar-refractivity contribution in [3.63, 3.8) is 0 Å². The minimum Gasteiger partial charge on any atom is -0.350 e. The lowest BCUT2D eigenvalue weighted by atomic mass is 9.95. The molecule has 0 unspecified atom stereocenters. The Bertz CT molecular complexity index is 1250. The number of benzene rings is 1. The molecule has 0 bridgehead atoms. The van der Waals surface area contributed by atoms with Gasteiger partial charge in [-0.3, -0.25) is 0 Å². The number of hydrogen-bond acceptors (Lipinski definition) is 5. The topological polar surface area (TPSA) is 68.1 Å². The van der Waals surface area contributed by atoms with Gasteiger partial charge in [0.05, 0.1) is 23.4 Å². The van der Waals surface area contributed by atoms with Gasteiger partial charge in [-0.1, -0.05) is 39.0 Å². The maximum absolute atomic E-state index is 13.9. The predicted octanol–water partition coefficient (Wildman–Crippen LogP) is 4.03. The van der Waals surface area contributed by atoms with E-state index in [1.807, 2.05) is 37.6 Å². The zero-order chi connectivity index (χ0) is 22.6. The van der Waals surface area contributed by atoms with E-state index in [4.69, 9.17) is 4.98 Å². The van der Waals surface area contributed by atoms with Crippen LogP contribution in [0.15, 0.2) is 41.4 Å². The Labute approximate surface area is 180 Å². The van der Waals surface area contributed by atoms with E-state index in [0.717, 1.165) is 0 Å². The molecule has 3 heterocycles. The predicted molar refractivity (Wildman–Crippen MR) is 117 cm³/mol. The Morgan fingerprint density at radius 2 is 1.84 bits per heavy atom. The van der Waals surface area contributed by atoms with E-state index in [0.29, 0.717) is 34.8 Å². The Hall–Kier alpha value is -2.55. The van der Waals surface area contributed by atoms with Gasteiger partial charge in [-0.25, -0.2) is 27.2 Å². The van der Waals surface area contributed by atoms with Gasteiger partial charge in [0, 0.05) is 30.8 Å². The number of halogens is 2. The zero-order valence-corrected chi connectivity index (χ0v) is 18.9. The molecule has 6 nitrogen and oxygen atoms in total. The molecule has 1 fully saturated rings. The fourth-order valence-electron chi connectivity index (χ4n) is 3.85. The highest BCUT2D eigenvalue weighted by atomic mass is 32.2. The van der Waals surface area contributed by atoms with E-state index in [9.17, 15) is 17.2 Å². The number of hydrogen-bond donors (Lipinski definition) is 0. The largest absolute Gasteiger partial charge is 0.350 e. The van der Waals surface area contributed by atoms with Crippen LogP contribution in [0.25, 0.3) is 11.0 Å². The molecule has 4 rings (SSSR count). The minimum atomic E-state index is -3.39. The summed E-state index contributed by atoms with van der Waals surface area (Å²) in [4.78, 5) is 11.3. The molecule has 31 heavy (non-hydrogen) atoms. The fourth-order valence-corrected chi connectivity index (χ4v) is 4.78. The summed E-state index contributed by atoms with van der Waals surface area (Å²) < 4.78 is 54.1. The quantitative estimate of drug-likeness (QED) is 0.603. The van der Waals surface area contributed by atoms with Crippen LogP contribution in [0.4, 0.5) is 14.6 Å². The van der Waals surface area contributed by atoms with E-state index >= 15 is 0 Å². The van der Waals surface area contributed by atoms with Crippen LogP contribution in [-0.4, -0.2) is 48.2 Å². The number of rotatable bonds is 4. The summed E-state index contributed by atoms with van der Waals surface area (Å²) in [6.45, 7) is 6.08. The number of sulfone groups is 1. The third-order valence-electron chi connectivity index (χ3n) is 5.45. The van der Waals surface area contributed by atoms with E-state index in [1.165, 1.54) is 6.26 Å². The lowest BCUT2D eigenvalue weighted by molar-refractivity contribution is 0.0257. The van der Waals surface area contributed by atoms with Crippen LogP contribution in [0.3, 0.4) is 0 Å². The van der Waals surface area contributed by atoms with Gasteiger partial charge in [-0.05, 0) is 17.7 Å². The molecule has 9 heteroatoms. The molecule has 0 atom stereocenters. The summed E-state index contributed by atoms with van der Waals surface area (Å²) >= 11 is 0. The standard InChI is InChI=1S/C22H26F2N4O2S/c1-21(2,3)20-25-18-16(19(26-20)28-12-10-22(23,24)14-28)9-11-27(18)13-15-7-5-6-8-17(15)31(4,29)30/h5-9,11H,10,12-14H2,1-4H3. The second kappa shape index (κ2) is 7.25. The first-order valence-electron chi connectivity index (χ1n) is 10.1. The third-order valence-corrected chi connectivity index (χ3v) is 6.65. The molecular weight excluding hydrogens is 422 g/mol. The van der Waals surface area contributed by atoms with Crippen LogP contribution < -0.4 is 4.90 Å². The van der Waals surface area contributed by atoms with Gasteiger partial charge in [0.15, 0.2) is 9.84 Å². The summed E-state index contributed by atoms with van der Waals surface area (Å²) in [6.07, 6.45) is 2.79. The summed E-state index contributed by atoms with van der Waals surface area (Å²) in [5.74, 6) is -1.68. The van der Waals surface area contributed by atoms with Crippen molar-refractivity contribution in [2.24, 2.45) is 0 Å². The van der Waals surface area contributed by atoms with Crippen molar-refractivity contribution in [3.05, 3.63) is 47.9 Å². The van der Waals surface area contributed by atoms with Gasteiger partial charge in [0.1, 0.15) is 17.3 Å². The highest BCUT2D eigenvalue weighted by Gasteiger charge is 2.40. The molecule has 0 saturated carbocycles. The molecular formula is C22H26F2N4O2S. The Kier molecular flexibility index (Phi) is 5.07. The third kappa shape index (κ3) is 4.28. The van der Waals surface area contributed by atoms with Crippen LogP contribution >= 0.6 is 0 Å². The Balaban J connectivity index is 1.85. The van der Waals surface area contributed by atoms with Crippen molar-refractivity contribution in [2.45, 2.75) is 50.0 Å². The molecule has 0 aliphatic carbocycles. The first-order chi connectivity index (χ1) is 14.4. The van der Waals surface area contributed by atoms with Crippen LogP contribution in [0.1, 0.15) is 38.6 Å². The maximum atomic E-state index is 13.9. The summed E-state index contributed by atoms with van der Waals surface area (Å²) in [6, 6.07) is 8.67. The molecule has 166 valence electrons. The first kappa shape index (κ1) is 21.7. The summed E-state index contributed by atoms with van der Waals surface area (Å²) in [5, 5.41) is 0.683. The average molecular weight is 449 g/mol. The Morgan fingerprint density at radius 3 is 2.45 bits per heavy atom. The fraction of sp³-hybridized carbons (Fsp3) is 0.455. The second-order valence-electron chi connectivity index (χ2n) is 9.21. The number of fused-ring (bicyclic) bond motifs is 1. The summed E-state index contributed by atoms with van der Waals surface area (Å²) in [7, 11) is -3.39. The highest BCUT2D eigenvalue weighted by Crippen LogP contribution is 2.35. The van der Waals surface area contributed by atoms with Gasteiger partial charge in [0.2, 0.25) is 0 Å². The molecule has 2 aromatic heterocycles. The van der Waals surface area contributed by atoms with Crippen molar-refractivity contribution < 1.29 is 17.2 Å². The molecule has 3 aromatic rings. The number of alkyl halides is 2. The van der Waals surface area contributed by atoms with Gasteiger partial charge >= 0.3 is 0 Å². The van der Waals surface area contributed by atoms with Crippen molar-refractivity contribution >= 4 is 26.7 Å². The SMILES string of the molecule is CC(C)(C)c1nc(N2CCC(F)(F)C2)c2ccn(Cc3ccccc3S(C)(=O)=O)c2n1. The average Bonchev–Trinajstić information content (AvgIpc) is 3.23.